The minimum Gasteiger partial charge on any atom is -0.349 e. The summed E-state index contributed by atoms with van der Waals surface area (Å²) < 4.78 is 22.3. The molecule has 0 bridgehead atoms. The zero-order valence-corrected chi connectivity index (χ0v) is 12.7. The van der Waals surface area contributed by atoms with Gasteiger partial charge in [-0.05, 0) is 26.5 Å². The molecule has 1 saturated heterocycles. The van der Waals surface area contributed by atoms with Crippen LogP contribution in [-0.2, 0) is 23.7 Å². The lowest BCUT2D eigenvalue weighted by Crippen LogP contribution is -2.67. The molecule has 1 fully saturated rings. The molecule has 0 saturated carbocycles. The molecule has 1 rings (SSSR count). The Morgan fingerprint density at radius 2 is 1.78 bits per heavy atom. The maximum atomic E-state index is 12.1. The fourth-order valence-corrected chi connectivity index (χ4v) is 2.48. The average Bonchev–Trinajstić information content (AvgIpc) is 2.35. The van der Waals surface area contributed by atoms with E-state index in [1.54, 1.807) is 20.8 Å². The monoisotopic (exact) mass is 278 g/mol. The molecule has 0 N–H and O–H groups in total. The van der Waals surface area contributed by atoms with Crippen molar-refractivity contribution >= 4 is 16.9 Å². The number of ether oxygens (including phenoxy) is 4. The number of hydrogen-bond acceptors (Lipinski definition) is 6. The highest BCUT2D eigenvalue weighted by Crippen LogP contribution is 2.41. The minimum atomic E-state index is -1.14. The third-order valence-corrected chi connectivity index (χ3v) is 4.34. The van der Waals surface area contributed by atoms with Gasteiger partial charge in [-0.15, -0.1) is 0 Å². The van der Waals surface area contributed by atoms with Crippen LogP contribution in [0.1, 0.15) is 27.7 Å². The molecule has 0 spiro atoms. The normalized spacial score (nSPS) is 40.8. The summed E-state index contributed by atoms with van der Waals surface area (Å²) in [5, 5.41) is -0.0635. The first-order valence-corrected chi connectivity index (χ1v) is 6.87. The smallest absolute Gasteiger partial charge is 0.223 e. The lowest BCUT2D eigenvalue weighted by Gasteiger charge is -2.51. The van der Waals surface area contributed by atoms with Crippen molar-refractivity contribution in [2.45, 2.75) is 44.9 Å². The first-order chi connectivity index (χ1) is 8.27. The van der Waals surface area contributed by atoms with Crippen molar-refractivity contribution in [2.24, 2.45) is 0 Å². The summed E-state index contributed by atoms with van der Waals surface area (Å²) in [6.45, 7) is 7.21. The number of hydrogen-bond donors (Lipinski definition) is 0. The lowest BCUT2D eigenvalue weighted by molar-refractivity contribution is -0.441. The Hall–Kier alpha value is -0.140. The molecule has 1 heterocycles. The van der Waals surface area contributed by atoms with Crippen molar-refractivity contribution in [3.63, 3.8) is 0 Å². The Morgan fingerprint density at radius 1 is 1.22 bits per heavy atom. The highest BCUT2D eigenvalue weighted by Gasteiger charge is 2.58. The zero-order valence-electron chi connectivity index (χ0n) is 11.9. The zero-order chi connectivity index (χ0) is 14.0. The Bertz CT molecular complexity index is 324. The molecule has 5 nitrogen and oxygen atoms in total. The van der Waals surface area contributed by atoms with Gasteiger partial charge >= 0.3 is 0 Å². The predicted molar refractivity (Wildman–Crippen MR) is 69.4 cm³/mol. The molecule has 1 aliphatic rings. The van der Waals surface area contributed by atoms with Gasteiger partial charge in [0, 0.05) is 14.2 Å². The van der Waals surface area contributed by atoms with Crippen LogP contribution in [0, 0.1) is 0 Å². The Morgan fingerprint density at radius 3 is 2.22 bits per heavy atom. The summed E-state index contributed by atoms with van der Waals surface area (Å²) in [7, 11) is 3.02. The van der Waals surface area contributed by atoms with E-state index in [4.69, 9.17) is 18.9 Å². The van der Waals surface area contributed by atoms with E-state index in [1.807, 2.05) is 6.92 Å². The fourth-order valence-electron chi connectivity index (χ4n) is 1.81. The van der Waals surface area contributed by atoms with Crippen molar-refractivity contribution in [1.82, 2.24) is 0 Å². The van der Waals surface area contributed by atoms with Crippen LogP contribution in [0.5, 0.6) is 0 Å². The van der Waals surface area contributed by atoms with E-state index < -0.39 is 17.2 Å². The van der Waals surface area contributed by atoms with Gasteiger partial charge in [-0.25, -0.2) is 0 Å². The second-order valence-electron chi connectivity index (χ2n) is 4.64. The van der Waals surface area contributed by atoms with Crippen molar-refractivity contribution in [3.8, 4) is 0 Å². The molecular weight excluding hydrogens is 256 g/mol. The second kappa shape index (κ2) is 5.46. The summed E-state index contributed by atoms with van der Waals surface area (Å²) in [5.41, 5.74) is -1.02. The highest BCUT2D eigenvalue weighted by atomic mass is 32.2. The van der Waals surface area contributed by atoms with Crippen LogP contribution in [0.2, 0.25) is 0 Å². The molecule has 0 aromatic carbocycles. The summed E-state index contributed by atoms with van der Waals surface area (Å²) in [5.74, 6) is -1.49. The van der Waals surface area contributed by atoms with E-state index in [9.17, 15) is 4.79 Å². The van der Waals surface area contributed by atoms with E-state index in [0.717, 1.165) is 0 Å². The molecule has 0 amide bonds. The molecule has 1 aliphatic heterocycles. The average molecular weight is 278 g/mol. The minimum absolute atomic E-state index is 0.0635. The molecule has 0 unspecified atom stereocenters. The molecule has 3 atom stereocenters. The van der Waals surface area contributed by atoms with E-state index in [0.29, 0.717) is 5.75 Å². The van der Waals surface area contributed by atoms with E-state index >= 15 is 0 Å². The van der Waals surface area contributed by atoms with Gasteiger partial charge in [-0.3, -0.25) is 4.79 Å². The fraction of sp³-hybridized carbons (Fsp3) is 0.917. The second-order valence-corrected chi connectivity index (χ2v) is 5.88. The van der Waals surface area contributed by atoms with E-state index in [2.05, 4.69) is 0 Å². The van der Waals surface area contributed by atoms with Crippen molar-refractivity contribution in [3.05, 3.63) is 0 Å². The van der Waals surface area contributed by atoms with Gasteiger partial charge in [0.1, 0.15) is 0 Å². The van der Waals surface area contributed by atoms with Crippen LogP contribution in [0.4, 0.5) is 0 Å². The number of thioether (sulfide) groups is 1. The lowest BCUT2D eigenvalue weighted by atomic mass is 10.0. The molecule has 0 aliphatic carbocycles. The topological polar surface area (TPSA) is 54.0 Å². The Balaban J connectivity index is 2.97. The summed E-state index contributed by atoms with van der Waals surface area (Å²) in [6.07, 6.45) is 0. The standard InChI is InChI=1S/C12H22O5S/c1-7-18-9(13)10(2)8-16-11(3,14-5)12(4,15-6)17-10/h7-8H2,1-6H3/t10-,11+,12+/m0/s1. The van der Waals surface area contributed by atoms with Gasteiger partial charge in [-0.1, -0.05) is 18.7 Å². The number of methoxy groups -OCH3 is 2. The Labute approximate surface area is 112 Å². The van der Waals surface area contributed by atoms with Gasteiger partial charge in [-0.2, -0.15) is 0 Å². The summed E-state index contributed by atoms with van der Waals surface area (Å²) in [4.78, 5) is 12.1. The van der Waals surface area contributed by atoms with Gasteiger partial charge in [0.15, 0.2) is 5.60 Å². The first kappa shape index (κ1) is 15.9. The molecule has 0 radical (unpaired) electrons. The van der Waals surface area contributed by atoms with Crippen molar-refractivity contribution in [1.29, 1.82) is 0 Å². The van der Waals surface area contributed by atoms with Gasteiger partial charge < -0.3 is 18.9 Å². The van der Waals surface area contributed by atoms with Crippen LogP contribution >= 0.6 is 11.8 Å². The van der Waals surface area contributed by atoms with Crippen molar-refractivity contribution < 1.29 is 23.7 Å². The number of carbonyl (C=O) groups excluding carboxylic acids is 1. The SMILES string of the molecule is CCSC(=O)[C@]1(C)CO[C@@](C)(OC)[C@](C)(OC)O1. The quantitative estimate of drug-likeness (QED) is 0.781. The highest BCUT2D eigenvalue weighted by molar-refractivity contribution is 8.13. The van der Waals surface area contributed by atoms with E-state index in [-0.39, 0.29) is 11.7 Å². The summed E-state index contributed by atoms with van der Waals surface area (Å²) >= 11 is 1.22. The predicted octanol–water partition coefficient (Wildman–Crippen LogP) is 1.80. The molecule has 0 aromatic rings. The molecule has 6 heteroatoms. The maximum Gasteiger partial charge on any atom is 0.223 e. The van der Waals surface area contributed by atoms with Crippen LogP contribution in [0.25, 0.3) is 0 Å². The van der Waals surface area contributed by atoms with Crippen LogP contribution in [0.15, 0.2) is 0 Å². The van der Waals surface area contributed by atoms with Gasteiger partial charge in [0.2, 0.25) is 16.7 Å². The summed E-state index contributed by atoms with van der Waals surface area (Å²) in [6, 6.07) is 0. The van der Waals surface area contributed by atoms with Gasteiger partial charge in [0.05, 0.1) is 6.61 Å². The number of rotatable bonds is 4. The first-order valence-electron chi connectivity index (χ1n) is 5.88. The molecule has 0 aromatic heterocycles. The van der Waals surface area contributed by atoms with Crippen molar-refractivity contribution in [2.75, 3.05) is 26.6 Å². The number of carbonyl (C=O) groups is 1. The molecule has 106 valence electrons. The Kier molecular flexibility index (Phi) is 4.83. The third kappa shape index (κ3) is 2.58. The third-order valence-electron chi connectivity index (χ3n) is 3.35. The largest absolute Gasteiger partial charge is 0.349 e. The van der Waals surface area contributed by atoms with Gasteiger partial charge in [0.25, 0.3) is 0 Å². The van der Waals surface area contributed by atoms with E-state index in [1.165, 1.54) is 26.0 Å². The van der Waals surface area contributed by atoms with Crippen LogP contribution in [0.3, 0.4) is 0 Å². The molecular formula is C12H22O5S. The molecule has 18 heavy (non-hydrogen) atoms. The van der Waals surface area contributed by atoms with Crippen LogP contribution < -0.4 is 0 Å². The maximum absolute atomic E-state index is 12.1. The van der Waals surface area contributed by atoms with Crippen LogP contribution in [-0.4, -0.2) is 48.9 Å².